The van der Waals surface area contributed by atoms with Crippen LogP contribution in [0.15, 0.2) is 41.8 Å². The lowest BCUT2D eigenvalue weighted by molar-refractivity contribution is 0.0955. The van der Waals surface area contributed by atoms with E-state index in [2.05, 4.69) is 48.3 Å². The average molecular weight is 288 g/mol. The predicted molar refractivity (Wildman–Crippen MR) is 85.5 cm³/mol. The van der Waals surface area contributed by atoms with E-state index in [1.807, 2.05) is 17.5 Å². The molecule has 2 aromatic rings. The smallest absolute Gasteiger partial charge is 0.261 e. The molecule has 106 valence electrons. The quantitative estimate of drug-likeness (QED) is 0.882. The second-order valence-electron chi connectivity index (χ2n) is 4.50. The van der Waals surface area contributed by atoms with Gasteiger partial charge < -0.3 is 10.2 Å². The van der Waals surface area contributed by atoms with Gasteiger partial charge in [-0.3, -0.25) is 4.79 Å². The Morgan fingerprint density at radius 2 is 1.85 bits per heavy atom. The Labute approximate surface area is 124 Å². The topological polar surface area (TPSA) is 32.3 Å². The Morgan fingerprint density at radius 3 is 2.40 bits per heavy atom. The van der Waals surface area contributed by atoms with Gasteiger partial charge in [-0.2, -0.15) is 0 Å². The third-order valence-electron chi connectivity index (χ3n) is 3.26. The molecule has 0 aliphatic rings. The van der Waals surface area contributed by atoms with Crippen molar-refractivity contribution in [3.8, 4) is 0 Å². The number of hydrogen-bond acceptors (Lipinski definition) is 3. The highest BCUT2D eigenvalue weighted by Gasteiger charge is 2.06. The molecule has 0 spiro atoms. The van der Waals surface area contributed by atoms with Crippen molar-refractivity contribution in [3.63, 3.8) is 0 Å². The number of nitrogens with zero attached hydrogens (tertiary/aromatic N) is 1. The maximum absolute atomic E-state index is 11.8. The van der Waals surface area contributed by atoms with Crippen LogP contribution in [0.1, 0.15) is 29.1 Å². The summed E-state index contributed by atoms with van der Waals surface area (Å²) in [4.78, 5) is 14.9. The summed E-state index contributed by atoms with van der Waals surface area (Å²) in [6, 6.07) is 12.1. The van der Waals surface area contributed by atoms with Crippen LogP contribution in [0.25, 0.3) is 0 Å². The fourth-order valence-corrected chi connectivity index (χ4v) is 2.73. The van der Waals surface area contributed by atoms with E-state index in [4.69, 9.17) is 0 Å². The van der Waals surface area contributed by atoms with Gasteiger partial charge in [0, 0.05) is 25.3 Å². The molecule has 0 aliphatic heterocycles. The van der Waals surface area contributed by atoms with Gasteiger partial charge in [0.15, 0.2) is 0 Å². The number of carbonyl (C=O) groups is 1. The Morgan fingerprint density at radius 1 is 1.15 bits per heavy atom. The van der Waals surface area contributed by atoms with Gasteiger partial charge in [-0.15, -0.1) is 11.3 Å². The highest BCUT2D eigenvalue weighted by atomic mass is 32.1. The van der Waals surface area contributed by atoms with Crippen LogP contribution >= 0.6 is 11.3 Å². The molecule has 1 N–H and O–H groups in total. The van der Waals surface area contributed by atoms with Crippen molar-refractivity contribution in [3.05, 3.63) is 52.2 Å². The van der Waals surface area contributed by atoms with Crippen molar-refractivity contribution in [2.24, 2.45) is 0 Å². The number of thiophene rings is 1. The Balaban J connectivity index is 1.92. The van der Waals surface area contributed by atoms with Crippen LogP contribution in [0.3, 0.4) is 0 Å². The molecule has 0 unspecified atom stereocenters. The fraction of sp³-hybridized carbons (Fsp3) is 0.312. The lowest BCUT2D eigenvalue weighted by atomic mass is 10.2. The highest BCUT2D eigenvalue weighted by molar-refractivity contribution is 7.12. The molecule has 1 aromatic carbocycles. The second-order valence-corrected chi connectivity index (χ2v) is 5.45. The van der Waals surface area contributed by atoms with Gasteiger partial charge in [0.1, 0.15) is 0 Å². The first-order chi connectivity index (χ1) is 9.74. The van der Waals surface area contributed by atoms with Crippen LogP contribution in [0.2, 0.25) is 0 Å². The zero-order chi connectivity index (χ0) is 14.4. The first-order valence-corrected chi connectivity index (χ1v) is 7.78. The minimum Gasteiger partial charge on any atom is -0.372 e. The fourth-order valence-electron chi connectivity index (χ4n) is 2.09. The molecule has 3 nitrogen and oxygen atoms in total. The maximum atomic E-state index is 11.8. The van der Waals surface area contributed by atoms with Crippen molar-refractivity contribution in [1.29, 1.82) is 0 Å². The van der Waals surface area contributed by atoms with Crippen LogP contribution in [0.5, 0.6) is 0 Å². The van der Waals surface area contributed by atoms with Gasteiger partial charge >= 0.3 is 0 Å². The molecule has 1 aromatic heterocycles. The van der Waals surface area contributed by atoms with Crippen molar-refractivity contribution in [1.82, 2.24) is 5.32 Å². The van der Waals surface area contributed by atoms with Gasteiger partial charge in [-0.05, 0) is 43.0 Å². The zero-order valence-corrected chi connectivity index (χ0v) is 12.7. The number of amides is 1. The largest absolute Gasteiger partial charge is 0.372 e. The third-order valence-corrected chi connectivity index (χ3v) is 4.13. The molecule has 0 radical (unpaired) electrons. The lowest BCUT2D eigenvalue weighted by Gasteiger charge is -2.21. The summed E-state index contributed by atoms with van der Waals surface area (Å²) < 4.78 is 0. The summed E-state index contributed by atoms with van der Waals surface area (Å²) in [6.45, 7) is 6.88. The van der Waals surface area contributed by atoms with E-state index in [9.17, 15) is 4.79 Å². The minimum atomic E-state index is -0.00665. The molecule has 1 heterocycles. The van der Waals surface area contributed by atoms with Crippen LogP contribution in [-0.2, 0) is 6.54 Å². The molecule has 20 heavy (non-hydrogen) atoms. The summed E-state index contributed by atoms with van der Waals surface area (Å²) in [6.07, 6.45) is 0. The van der Waals surface area contributed by atoms with E-state index in [0.29, 0.717) is 6.54 Å². The summed E-state index contributed by atoms with van der Waals surface area (Å²) in [5.41, 5.74) is 2.34. The second kappa shape index (κ2) is 7.10. The van der Waals surface area contributed by atoms with Crippen LogP contribution in [-0.4, -0.2) is 19.0 Å². The molecule has 4 heteroatoms. The summed E-state index contributed by atoms with van der Waals surface area (Å²) >= 11 is 1.46. The standard InChI is InChI=1S/C16H20N2OS/c1-3-18(4-2)14-9-7-13(8-10-14)12-17-16(19)15-6-5-11-20-15/h5-11H,3-4,12H2,1-2H3,(H,17,19). The molecule has 0 saturated carbocycles. The number of rotatable bonds is 6. The Kier molecular flexibility index (Phi) is 5.18. The predicted octanol–water partition coefficient (Wildman–Crippen LogP) is 3.52. The monoisotopic (exact) mass is 288 g/mol. The van der Waals surface area contributed by atoms with Gasteiger partial charge in [0.25, 0.3) is 5.91 Å². The highest BCUT2D eigenvalue weighted by Crippen LogP contribution is 2.15. The molecular weight excluding hydrogens is 268 g/mol. The number of nitrogens with one attached hydrogen (secondary N) is 1. The SMILES string of the molecule is CCN(CC)c1ccc(CNC(=O)c2cccs2)cc1. The summed E-state index contributed by atoms with van der Waals surface area (Å²) in [5.74, 6) is -0.00665. The van der Waals surface area contributed by atoms with Crippen molar-refractivity contribution in [2.45, 2.75) is 20.4 Å². The van der Waals surface area contributed by atoms with Crippen LogP contribution in [0.4, 0.5) is 5.69 Å². The molecule has 0 bridgehead atoms. The van der Waals surface area contributed by atoms with Gasteiger partial charge in [-0.25, -0.2) is 0 Å². The van der Waals surface area contributed by atoms with Gasteiger partial charge in [-0.1, -0.05) is 18.2 Å². The normalized spacial score (nSPS) is 10.3. The zero-order valence-electron chi connectivity index (χ0n) is 11.9. The van der Waals surface area contributed by atoms with Gasteiger partial charge in [0.2, 0.25) is 0 Å². The maximum Gasteiger partial charge on any atom is 0.261 e. The molecule has 0 atom stereocenters. The van der Waals surface area contributed by atoms with Crippen molar-refractivity contribution in [2.75, 3.05) is 18.0 Å². The molecule has 0 saturated heterocycles. The van der Waals surface area contributed by atoms with Crippen LogP contribution < -0.4 is 10.2 Å². The number of carbonyl (C=O) groups excluding carboxylic acids is 1. The van der Waals surface area contributed by atoms with E-state index >= 15 is 0 Å². The molecule has 1 amide bonds. The van der Waals surface area contributed by atoms with E-state index in [0.717, 1.165) is 23.5 Å². The first kappa shape index (κ1) is 14.6. The third kappa shape index (κ3) is 3.61. The molecule has 0 fully saturated rings. The van der Waals surface area contributed by atoms with E-state index < -0.39 is 0 Å². The Bertz CT molecular complexity index is 530. The number of anilines is 1. The van der Waals surface area contributed by atoms with Crippen molar-refractivity contribution >= 4 is 22.9 Å². The molecular formula is C16H20N2OS. The van der Waals surface area contributed by atoms with Crippen LogP contribution in [0, 0.1) is 0 Å². The first-order valence-electron chi connectivity index (χ1n) is 6.90. The van der Waals surface area contributed by atoms with Crippen molar-refractivity contribution < 1.29 is 4.79 Å². The summed E-state index contributed by atoms with van der Waals surface area (Å²) in [5, 5.41) is 4.85. The average Bonchev–Trinajstić information content (AvgIpc) is 3.01. The van der Waals surface area contributed by atoms with E-state index in [-0.39, 0.29) is 5.91 Å². The number of benzene rings is 1. The minimum absolute atomic E-state index is 0.00665. The number of hydrogen-bond donors (Lipinski definition) is 1. The Hall–Kier alpha value is -1.81. The lowest BCUT2D eigenvalue weighted by Crippen LogP contribution is -2.23. The van der Waals surface area contributed by atoms with E-state index in [1.165, 1.54) is 17.0 Å². The van der Waals surface area contributed by atoms with E-state index in [1.54, 1.807) is 0 Å². The summed E-state index contributed by atoms with van der Waals surface area (Å²) in [7, 11) is 0. The van der Waals surface area contributed by atoms with Gasteiger partial charge in [0.05, 0.1) is 4.88 Å². The molecule has 2 rings (SSSR count). The molecule has 0 aliphatic carbocycles.